The minimum absolute atomic E-state index is 0.0491. The molecule has 4 heteroatoms. The van der Waals surface area contributed by atoms with E-state index in [4.69, 9.17) is 0 Å². The standard InChI is InChI=1S/C19H38N2O2/c1-18(2,3)11-10-16(22)15-20-12-8-7-9-13-21-17(23)14-19(4,5)6/h20H,7-15H2,1-6H3,(H,21,23). The summed E-state index contributed by atoms with van der Waals surface area (Å²) in [5.74, 6) is 0.439. The predicted octanol–water partition coefficient (Wildman–Crippen LogP) is 3.69. The van der Waals surface area contributed by atoms with Gasteiger partial charge in [-0.3, -0.25) is 9.59 Å². The van der Waals surface area contributed by atoms with Gasteiger partial charge in [-0.05, 0) is 36.6 Å². The van der Waals surface area contributed by atoms with E-state index in [1.807, 2.05) is 0 Å². The zero-order valence-electron chi connectivity index (χ0n) is 16.2. The number of nitrogens with one attached hydrogen (secondary N) is 2. The fraction of sp³-hybridized carbons (Fsp3) is 0.895. The van der Waals surface area contributed by atoms with Crippen molar-refractivity contribution in [3.63, 3.8) is 0 Å². The van der Waals surface area contributed by atoms with Gasteiger partial charge in [0.2, 0.25) is 5.91 Å². The van der Waals surface area contributed by atoms with Crippen molar-refractivity contribution in [1.29, 1.82) is 0 Å². The van der Waals surface area contributed by atoms with Crippen LogP contribution in [0.3, 0.4) is 0 Å². The first kappa shape index (κ1) is 22.1. The predicted molar refractivity (Wildman–Crippen MR) is 97.5 cm³/mol. The van der Waals surface area contributed by atoms with Crippen molar-refractivity contribution in [3.8, 4) is 0 Å². The van der Waals surface area contributed by atoms with Gasteiger partial charge < -0.3 is 10.6 Å². The van der Waals surface area contributed by atoms with Gasteiger partial charge in [-0.15, -0.1) is 0 Å². The highest BCUT2D eigenvalue weighted by atomic mass is 16.1. The normalized spacial score (nSPS) is 12.3. The van der Waals surface area contributed by atoms with Crippen LogP contribution < -0.4 is 10.6 Å². The van der Waals surface area contributed by atoms with Crippen molar-refractivity contribution in [3.05, 3.63) is 0 Å². The van der Waals surface area contributed by atoms with Crippen LogP contribution in [0.15, 0.2) is 0 Å². The molecule has 0 atom stereocenters. The monoisotopic (exact) mass is 326 g/mol. The van der Waals surface area contributed by atoms with E-state index in [9.17, 15) is 9.59 Å². The van der Waals surface area contributed by atoms with Crippen molar-refractivity contribution in [1.82, 2.24) is 10.6 Å². The van der Waals surface area contributed by atoms with E-state index in [0.717, 1.165) is 38.8 Å². The summed E-state index contributed by atoms with van der Waals surface area (Å²) in [5, 5.41) is 6.18. The summed E-state index contributed by atoms with van der Waals surface area (Å²) in [6, 6.07) is 0. The second kappa shape index (κ2) is 10.8. The van der Waals surface area contributed by atoms with Crippen LogP contribution in [-0.2, 0) is 9.59 Å². The number of Topliss-reactive ketones (excluding diaryl/α,β-unsaturated/α-hetero) is 1. The van der Waals surface area contributed by atoms with Crippen LogP contribution in [0.5, 0.6) is 0 Å². The highest BCUT2D eigenvalue weighted by Gasteiger charge is 2.15. The molecule has 2 N–H and O–H groups in total. The molecule has 0 aromatic heterocycles. The minimum atomic E-state index is 0.0491. The number of ketones is 1. The number of hydrogen-bond donors (Lipinski definition) is 2. The molecular formula is C19H38N2O2. The molecule has 0 saturated heterocycles. The maximum absolute atomic E-state index is 11.7. The molecule has 0 rings (SSSR count). The lowest BCUT2D eigenvalue weighted by atomic mass is 9.89. The first-order valence-electron chi connectivity index (χ1n) is 8.99. The highest BCUT2D eigenvalue weighted by Crippen LogP contribution is 2.20. The molecule has 0 unspecified atom stereocenters. The summed E-state index contributed by atoms with van der Waals surface area (Å²) in [6.07, 6.45) is 5.29. The highest BCUT2D eigenvalue weighted by molar-refractivity contribution is 5.80. The summed E-state index contributed by atoms with van der Waals surface area (Å²) >= 11 is 0. The summed E-state index contributed by atoms with van der Waals surface area (Å²) in [6.45, 7) is 14.8. The Bertz CT molecular complexity index is 351. The summed E-state index contributed by atoms with van der Waals surface area (Å²) in [4.78, 5) is 23.3. The smallest absolute Gasteiger partial charge is 0.220 e. The number of rotatable bonds is 11. The molecule has 0 aromatic carbocycles. The van der Waals surface area contributed by atoms with Gasteiger partial charge in [-0.2, -0.15) is 0 Å². The SMILES string of the molecule is CC(C)(C)CCC(=O)CNCCCCCNC(=O)CC(C)(C)C. The number of unbranched alkanes of at least 4 members (excludes halogenated alkanes) is 2. The van der Waals surface area contributed by atoms with E-state index in [1.54, 1.807) is 0 Å². The van der Waals surface area contributed by atoms with Crippen molar-refractivity contribution in [2.45, 2.75) is 80.1 Å². The lowest BCUT2D eigenvalue weighted by Crippen LogP contribution is -2.28. The van der Waals surface area contributed by atoms with Crippen LogP contribution in [0.25, 0.3) is 0 Å². The number of hydrogen-bond acceptors (Lipinski definition) is 3. The lowest BCUT2D eigenvalue weighted by molar-refractivity contribution is -0.122. The molecule has 0 heterocycles. The van der Waals surface area contributed by atoms with Crippen LogP contribution in [0, 0.1) is 10.8 Å². The second-order valence-corrected chi connectivity index (χ2v) is 8.92. The topological polar surface area (TPSA) is 58.2 Å². The van der Waals surface area contributed by atoms with Crippen LogP contribution in [0.2, 0.25) is 0 Å². The first-order chi connectivity index (χ1) is 10.5. The van der Waals surface area contributed by atoms with Gasteiger partial charge in [-0.25, -0.2) is 0 Å². The molecule has 136 valence electrons. The van der Waals surface area contributed by atoms with Crippen LogP contribution in [0.4, 0.5) is 0 Å². The maximum atomic E-state index is 11.7. The largest absolute Gasteiger partial charge is 0.356 e. The lowest BCUT2D eigenvalue weighted by Gasteiger charge is -2.17. The number of amides is 1. The summed E-state index contributed by atoms with van der Waals surface area (Å²) < 4.78 is 0. The Morgan fingerprint density at radius 2 is 1.43 bits per heavy atom. The van der Waals surface area contributed by atoms with Crippen molar-refractivity contribution >= 4 is 11.7 Å². The van der Waals surface area contributed by atoms with Crippen LogP contribution in [0.1, 0.15) is 80.1 Å². The van der Waals surface area contributed by atoms with Gasteiger partial charge >= 0.3 is 0 Å². The maximum Gasteiger partial charge on any atom is 0.220 e. The summed E-state index contributed by atoms with van der Waals surface area (Å²) in [5.41, 5.74) is 0.278. The number of carbonyl (C=O) groups is 2. The summed E-state index contributed by atoms with van der Waals surface area (Å²) in [7, 11) is 0. The van der Waals surface area contributed by atoms with E-state index < -0.39 is 0 Å². The van der Waals surface area contributed by atoms with Crippen molar-refractivity contribution in [2.75, 3.05) is 19.6 Å². The quantitative estimate of drug-likeness (QED) is 0.569. The molecule has 0 aromatic rings. The molecule has 0 bridgehead atoms. The van der Waals surface area contributed by atoms with Crippen LogP contribution >= 0.6 is 0 Å². The molecule has 0 radical (unpaired) electrons. The van der Waals surface area contributed by atoms with Gasteiger partial charge in [0.1, 0.15) is 5.78 Å². The van der Waals surface area contributed by atoms with Crippen molar-refractivity contribution < 1.29 is 9.59 Å². The molecule has 4 nitrogen and oxygen atoms in total. The van der Waals surface area contributed by atoms with E-state index in [-0.39, 0.29) is 16.7 Å². The van der Waals surface area contributed by atoms with Gasteiger partial charge in [0.25, 0.3) is 0 Å². The zero-order chi connectivity index (χ0) is 17.9. The Balaban J connectivity index is 3.43. The molecular weight excluding hydrogens is 288 g/mol. The molecule has 0 aliphatic heterocycles. The van der Waals surface area contributed by atoms with E-state index >= 15 is 0 Å². The third kappa shape index (κ3) is 17.3. The van der Waals surface area contributed by atoms with Gasteiger partial charge in [0.15, 0.2) is 0 Å². The Morgan fingerprint density at radius 1 is 0.826 bits per heavy atom. The van der Waals surface area contributed by atoms with Gasteiger partial charge in [0.05, 0.1) is 6.54 Å². The van der Waals surface area contributed by atoms with Crippen molar-refractivity contribution in [2.24, 2.45) is 10.8 Å². The number of carbonyl (C=O) groups excluding carboxylic acids is 2. The Labute approximate surface area is 143 Å². The van der Waals surface area contributed by atoms with Gasteiger partial charge in [-0.1, -0.05) is 48.0 Å². The van der Waals surface area contributed by atoms with Gasteiger partial charge in [0, 0.05) is 19.4 Å². The molecule has 0 aliphatic carbocycles. The third-order valence-corrected chi connectivity index (χ3v) is 3.52. The van der Waals surface area contributed by atoms with E-state index in [2.05, 4.69) is 52.2 Å². The Hall–Kier alpha value is -0.900. The Kier molecular flexibility index (Phi) is 10.4. The fourth-order valence-corrected chi connectivity index (χ4v) is 2.15. The molecule has 23 heavy (non-hydrogen) atoms. The molecule has 0 saturated carbocycles. The molecule has 0 aliphatic rings. The minimum Gasteiger partial charge on any atom is -0.356 e. The van der Waals surface area contributed by atoms with Crippen LogP contribution in [-0.4, -0.2) is 31.3 Å². The average molecular weight is 327 g/mol. The molecule has 1 amide bonds. The molecule has 0 spiro atoms. The average Bonchev–Trinajstić information content (AvgIpc) is 2.36. The fourth-order valence-electron chi connectivity index (χ4n) is 2.15. The molecule has 0 fully saturated rings. The van der Waals surface area contributed by atoms with E-state index in [0.29, 0.717) is 25.2 Å². The second-order valence-electron chi connectivity index (χ2n) is 8.92. The zero-order valence-corrected chi connectivity index (χ0v) is 16.2. The first-order valence-corrected chi connectivity index (χ1v) is 8.99. The Morgan fingerprint density at radius 3 is 2.00 bits per heavy atom. The third-order valence-electron chi connectivity index (χ3n) is 3.52. The van der Waals surface area contributed by atoms with E-state index in [1.165, 1.54) is 0 Å².